The fourth-order valence-corrected chi connectivity index (χ4v) is 2.14. The number of nitrogens with one attached hydrogen (secondary N) is 2. The molecule has 0 unspecified atom stereocenters. The van der Waals surface area contributed by atoms with Gasteiger partial charge in [0.2, 0.25) is 0 Å². The highest BCUT2D eigenvalue weighted by Crippen LogP contribution is 2.24. The van der Waals surface area contributed by atoms with Crippen LogP contribution in [-0.4, -0.2) is 31.7 Å². The number of aromatic nitrogens is 1. The quantitative estimate of drug-likeness (QED) is 0.739. The minimum absolute atomic E-state index is 0.527. The van der Waals surface area contributed by atoms with Gasteiger partial charge in [0.1, 0.15) is 6.26 Å². The number of piperidine rings is 1. The minimum Gasteiger partial charge on any atom is -0.448 e. The Morgan fingerprint density at radius 1 is 1.50 bits per heavy atom. The van der Waals surface area contributed by atoms with Crippen molar-refractivity contribution in [1.29, 1.82) is 0 Å². The topological polar surface area (TPSA) is 50.1 Å². The predicted octanol–water partition coefficient (Wildman–Crippen LogP) is 1.29. The van der Waals surface area contributed by atoms with Crippen LogP contribution in [-0.2, 0) is 6.42 Å². The SMILES string of the molecule is CNCCCc1coc(C2CCNCC2)n1. The van der Waals surface area contributed by atoms with Gasteiger partial charge < -0.3 is 15.1 Å². The molecule has 16 heavy (non-hydrogen) atoms. The fourth-order valence-electron chi connectivity index (χ4n) is 2.14. The number of oxazole rings is 1. The van der Waals surface area contributed by atoms with Crippen LogP contribution in [0.2, 0.25) is 0 Å². The molecule has 0 saturated carbocycles. The van der Waals surface area contributed by atoms with Gasteiger partial charge in [-0.15, -0.1) is 0 Å². The lowest BCUT2D eigenvalue weighted by Gasteiger charge is -2.19. The van der Waals surface area contributed by atoms with Crippen LogP contribution in [0.25, 0.3) is 0 Å². The van der Waals surface area contributed by atoms with Crippen LogP contribution in [0.5, 0.6) is 0 Å². The molecule has 0 radical (unpaired) electrons. The first-order chi connectivity index (χ1) is 7.90. The van der Waals surface area contributed by atoms with Crippen molar-refractivity contribution in [2.24, 2.45) is 0 Å². The zero-order chi connectivity index (χ0) is 11.2. The van der Waals surface area contributed by atoms with Crippen molar-refractivity contribution >= 4 is 0 Å². The number of aryl methyl sites for hydroxylation is 1. The summed E-state index contributed by atoms with van der Waals surface area (Å²) in [6.45, 7) is 3.21. The van der Waals surface area contributed by atoms with Gasteiger partial charge in [0.25, 0.3) is 0 Å². The molecule has 1 aliphatic heterocycles. The number of nitrogens with zero attached hydrogens (tertiary/aromatic N) is 1. The van der Waals surface area contributed by atoms with Gasteiger partial charge in [-0.2, -0.15) is 0 Å². The Hall–Kier alpha value is -0.870. The summed E-state index contributed by atoms with van der Waals surface area (Å²) in [5.41, 5.74) is 1.10. The lowest BCUT2D eigenvalue weighted by molar-refractivity contribution is 0.374. The van der Waals surface area contributed by atoms with E-state index in [2.05, 4.69) is 15.6 Å². The summed E-state index contributed by atoms with van der Waals surface area (Å²) in [5.74, 6) is 1.47. The summed E-state index contributed by atoms with van der Waals surface area (Å²) in [4.78, 5) is 4.58. The van der Waals surface area contributed by atoms with E-state index in [0.717, 1.165) is 56.9 Å². The number of hydrogen-bond acceptors (Lipinski definition) is 4. The van der Waals surface area contributed by atoms with Gasteiger partial charge in [-0.05, 0) is 52.4 Å². The van der Waals surface area contributed by atoms with E-state index in [0.29, 0.717) is 5.92 Å². The predicted molar refractivity (Wildman–Crippen MR) is 63.6 cm³/mol. The van der Waals surface area contributed by atoms with Crippen molar-refractivity contribution in [2.45, 2.75) is 31.6 Å². The van der Waals surface area contributed by atoms with E-state index in [1.165, 1.54) is 0 Å². The number of hydrogen-bond donors (Lipinski definition) is 2. The maximum absolute atomic E-state index is 5.58. The molecule has 2 N–H and O–H groups in total. The Balaban J connectivity index is 1.85. The summed E-state index contributed by atoms with van der Waals surface area (Å²) in [6, 6.07) is 0. The Labute approximate surface area is 96.8 Å². The Morgan fingerprint density at radius 2 is 2.31 bits per heavy atom. The Kier molecular flexibility index (Phi) is 4.36. The zero-order valence-electron chi connectivity index (χ0n) is 9.96. The van der Waals surface area contributed by atoms with Gasteiger partial charge in [-0.25, -0.2) is 4.98 Å². The first-order valence-electron chi connectivity index (χ1n) is 6.20. The molecular formula is C12H21N3O. The molecule has 1 aromatic rings. The van der Waals surface area contributed by atoms with Crippen molar-refractivity contribution in [1.82, 2.24) is 15.6 Å². The summed E-state index contributed by atoms with van der Waals surface area (Å²) in [5, 5.41) is 6.50. The standard InChI is InChI=1S/C12H21N3O/c1-13-6-2-3-11-9-16-12(15-11)10-4-7-14-8-5-10/h9-10,13-14H,2-8H2,1H3. The summed E-state index contributed by atoms with van der Waals surface area (Å²) in [7, 11) is 1.98. The summed E-state index contributed by atoms with van der Waals surface area (Å²) in [6.07, 6.45) is 6.25. The maximum Gasteiger partial charge on any atom is 0.197 e. The first kappa shape index (κ1) is 11.6. The van der Waals surface area contributed by atoms with Gasteiger partial charge >= 0.3 is 0 Å². The molecule has 0 atom stereocenters. The van der Waals surface area contributed by atoms with Crippen LogP contribution in [0.1, 0.15) is 36.8 Å². The van der Waals surface area contributed by atoms with E-state index in [1.807, 2.05) is 13.3 Å². The second-order valence-corrected chi connectivity index (χ2v) is 4.41. The van der Waals surface area contributed by atoms with E-state index in [4.69, 9.17) is 4.42 Å². The number of rotatable bonds is 5. The van der Waals surface area contributed by atoms with Gasteiger partial charge in [0.05, 0.1) is 5.69 Å². The largest absolute Gasteiger partial charge is 0.448 e. The van der Waals surface area contributed by atoms with E-state index in [9.17, 15) is 0 Å². The molecule has 4 nitrogen and oxygen atoms in total. The van der Waals surface area contributed by atoms with Crippen molar-refractivity contribution in [2.75, 3.05) is 26.7 Å². The third kappa shape index (κ3) is 3.06. The monoisotopic (exact) mass is 223 g/mol. The van der Waals surface area contributed by atoms with E-state index >= 15 is 0 Å². The molecule has 2 rings (SSSR count). The van der Waals surface area contributed by atoms with Crippen molar-refractivity contribution in [3.63, 3.8) is 0 Å². The normalized spacial score (nSPS) is 17.8. The van der Waals surface area contributed by atoms with Crippen molar-refractivity contribution in [3.8, 4) is 0 Å². The minimum atomic E-state index is 0.527. The lowest BCUT2D eigenvalue weighted by Crippen LogP contribution is -2.26. The Bertz CT molecular complexity index is 305. The second-order valence-electron chi connectivity index (χ2n) is 4.41. The molecule has 1 fully saturated rings. The molecule has 90 valence electrons. The molecule has 1 aliphatic rings. The molecule has 0 aromatic carbocycles. The van der Waals surface area contributed by atoms with Crippen molar-refractivity contribution in [3.05, 3.63) is 17.8 Å². The van der Waals surface area contributed by atoms with Crippen molar-refractivity contribution < 1.29 is 4.42 Å². The fraction of sp³-hybridized carbons (Fsp3) is 0.750. The van der Waals surface area contributed by atoms with E-state index in [-0.39, 0.29) is 0 Å². The van der Waals surface area contributed by atoms with Crippen LogP contribution in [0, 0.1) is 0 Å². The molecule has 0 amide bonds. The van der Waals surface area contributed by atoms with E-state index < -0.39 is 0 Å². The highest BCUT2D eigenvalue weighted by molar-refractivity contribution is 5.02. The molecular weight excluding hydrogens is 202 g/mol. The van der Waals surface area contributed by atoms with Crippen LogP contribution >= 0.6 is 0 Å². The Morgan fingerprint density at radius 3 is 3.06 bits per heavy atom. The molecule has 0 spiro atoms. The first-order valence-corrected chi connectivity index (χ1v) is 6.20. The van der Waals surface area contributed by atoms with Gasteiger partial charge in [-0.1, -0.05) is 0 Å². The third-order valence-corrected chi connectivity index (χ3v) is 3.12. The molecule has 4 heteroatoms. The van der Waals surface area contributed by atoms with Crippen LogP contribution < -0.4 is 10.6 Å². The van der Waals surface area contributed by atoms with E-state index in [1.54, 1.807) is 0 Å². The molecule has 0 aliphatic carbocycles. The highest BCUT2D eigenvalue weighted by Gasteiger charge is 2.19. The second kappa shape index (κ2) is 6.01. The smallest absolute Gasteiger partial charge is 0.197 e. The summed E-state index contributed by atoms with van der Waals surface area (Å²) >= 11 is 0. The molecule has 1 aromatic heterocycles. The molecule has 1 saturated heterocycles. The van der Waals surface area contributed by atoms with Gasteiger partial charge in [-0.3, -0.25) is 0 Å². The van der Waals surface area contributed by atoms with Gasteiger partial charge in [0, 0.05) is 5.92 Å². The van der Waals surface area contributed by atoms with Crippen LogP contribution in [0.3, 0.4) is 0 Å². The van der Waals surface area contributed by atoms with Crippen LogP contribution in [0.15, 0.2) is 10.7 Å². The van der Waals surface area contributed by atoms with Crippen LogP contribution in [0.4, 0.5) is 0 Å². The zero-order valence-corrected chi connectivity index (χ0v) is 9.96. The maximum atomic E-state index is 5.58. The molecule has 2 heterocycles. The van der Waals surface area contributed by atoms with Gasteiger partial charge in [0.15, 0.2) is 5.89 Å². The lowest BCUT2D eigenvalue weighted by atomic mass is 9.98. The third-order valence-electron chi connectivity index (χ3n) is 3.12. The summed E-state index contributed by atoms with van der Waals surface area (Å²) < 4.78 is 5.58. The highest BCUT2D eigenvalue weighted by atomic mass is 16.3. The average molecular weight is 223 g/mol. The average Bonchev–Trinajstić information content (AvgIpc) is 2.79. The molecule has 0 bridgehead atoms.